The van der Waals surface area contributed by atoms with Gasteiger partial charge in [-0.2, -0.15) is 0 Å². The Bertz CT molecular complexity index is 1210. The summed E-state index contributed by atoms with van der Waals surface area (Å²) in [7, 11) is 1.58. The molecule has 0 saturated carbocycles. The summed E-state index contributed by atoms with van der Waals surface area (Å²) >= 11 is 0. The zero-order valence-corrected chi connectivity index (χ0v) is 17.5. The molecular formula is C24H21N3O5. The molecule has 0 aliphatic carbocycles. The first-order valence-electron chi connectivity index (χ1n) is 9.88. The van der Waals surface area contributed by atoms with E-state index in [1.54, 1.807) is 31.4 Å². The first kappa shape index (κ1) is 20.9. The number of carbonyl (C=O) groups is 3. The Morgan fingerprint density at radius 2 is 1.91 bits per heavy atom. The average Bonchev–Trinajstić information content (AvgIpc) is 3.36. The van der Waals surface area contributed by atoms with E-state index in [9.17, 15) is 14.4 Å². The Morgan fingerprint density at radius 3 is 2.66 bits per heavy atom. The van der Waals surface area contributed by atoms with E-state index in [0.29, 0.717) is 23.0 Å². The number of imide groups is 1. The Kier molecular flexibility index (Phi) is 5.76. The van der Waals surface area contributed by atoms with E-state index < -0.39 is 24.4 Å². The highest BCUT2D eigenvalue weighted by molar-refractivity contribution is 6.15. The lowest BCUT2D eigenvalue weighted by atomic mass is 10.2. The number of ether oxygens (including phenoxy) is 1. The molecule has 1 aliphatic heterocycles. The first-order valence-corrected chi connectivity index (χ1v) is 9.88. The highest BCUT2D eigenvalue weighted by Gasteiger charge is 2.35. The number of furan rings is 1. The van der Waals surface area contributed by atoms with Crippen LogP contribution in [0.15, 0.2) is 70.8 Å². The second-order valence-corrected chi connectivity index (χ2v) is 7.23. The van der Waals surface area contributed by atoms with Crippen LogP contribution in [0.25, 0.3) is 17.4 Å². The SMILES string of the molecule is COc1cccc(-c2ccc(/C=C3\NC(=O)N(CC(=O)Nc4ccc(C)cc4)C3=O)o2)c1. The summed E-state index contributed by atoms with van der Waals surface area (Å²) in [6, 6.07) is 17.4. The minimum atomic E-state index is -0.667. The van der Waals surface area contributed by atoms with Gasteiger partial charge < -0.3 is 19.8 Å². The summed E-state index contributed by atoms with van der Waals surface area (Å²) in [6.45, 7) is 1.54. The first-order chi connectivity index (χ1) is 15.4. The molecule has 1 fully saturated rings. The van der Waals surface area contributed by atoms with Crippen LogP contribution in [0.5, 0.6) is 5.75 Å². The van der Waals surface area contributed by atoms with Gasteiger partial charge in [-0.05, 0) is 43.3 Å². The number of nitrogens with zero attached hydrogens (tertiary/aromatic N) is 1. The number of benzene rings is 2. The molecule has 0 bridgehead atoms. The van der Waals surface area contributed by atoms with E-state index in [1.807, 2.05) is 43.3 Å². The molecule has 0 unspecified atom stereocenters. The number of rotatable bonds is 6. The summed E-state index contributed by atoms with van der Waals surface area (Å²) < 4.78 is 11.0. The standard InChI is InChI=1S/C24H21N3O5/c1-15-6-8-17(9-7-15)25-22(28)14-27-23(29)20(26-24(27)30)13-19-10-11-21(32-19)16-4-3-5-18(12-16)31-2/h3-13H,14H2,1-2H3,(H,25,28)(H,26,30)/b20-13-. The fraction of sp³-hybridized carbons (Fsp3) is 0.125. The zero-order chi connectivity index (χ0) is 22.7. The van der Waals surface area contributed by atoms with Crippen molar-refractivity contribution in [1.29, 1.82) is 0 Å². The summed E-state index contributed by atoms with van der Waals surface area (Å²) in [5.41, 5.74) is 2.48. The molecule has 2 N–H and O–H groups in total. The normalized spacial score (nSPS) is 14.6. The van der Waals surface area contributed by atoms with Crippen molar-refractivity contribution >= 4 is 29.6 Å². The Morgan fingerprint density at radius 1 is 1.12 bits per heavy atom. The van der Waals surface area contributed by atoms with Gasteiger partial charge in [-0.3, -0.25) is 9.59 Å². The van der Waals surface area contributed by atoms with Crippen LogP contribution in [-0.4, -0.2) is 36.4 Å². The van der Waals surface area contributed by atoms with Crippen molar-refractivity contribution in [3.8, 4) is 17.1 Å². The number of amides is 4. The number of anilines is 1. The Balaban J connectivity index is 1.44. The van der Waals surface area contributed by atoms with E-state index in [0.717, 1.165) is 16.0 Å². The molecule has 1 saturated heterocycles. The van der Waals surface area contributed by atoms with Gasteiger partial charge in [0, 0.05) is 17.3 Å². The highest BCUT2D eigenvalue weighted by Crippen LogP contribution is 2.27. The molecule has 2 aromatic carbocycles. The van der Waals surface area contributed by atoms with Gasteiger partial charge in [0.25, 0.3) is 5.91 Å². The molecule has 3 aromatic rings. The lowest BCUT2D eigenvalue weighted by Gasteiger charge is -2.12. The predicted octanol–water partition coefficient (Wildman–Crippen LogP) is 3.80. The highest BCUT2D eigenvalue weighted by atomic mass is 16.5. The summed E-state index contributed by atoms with van der Waals surface area (Å²) in [5, 5.41) is 5.16. The molecule has 0 radical (unpaired) electrons. The maximum absolute atomic E-state index is 12.6. The third kappa shape index (κ3) is 4.54. The molecule has 8 heteroatoms. The molecule has 1 aromatic heterocycles. The van der Waals surface area contributed by atoms with Crippen molar-refractivity contribution in [2.45, 2.75) is 6.92 Å². The molecule has 32 heavy (non-hydrogen) atoms. The minimum absolute atomic E-state index is 0.0321. The van der Waals surface area contributed by atoms with Gasteiger partial charge in [0.15, 0.2) is 0 Å². The topological polar surface area (TPSA) is 101 Å². The largest absolute Gasteiger partial charge is 0.497 e. The van der Waals surface area contributed by atoms with E-state index in [1.165, 1.54) is 6.08 Å². The number of aryl methyl sites for hydroxylation is 1. The second-order valence-electron chi connectivity index (χ2n) is 7.23. The number of urea groups is 1. The van der Waals surface area contributed by atoms with Gasteiger partial charge in [0.1, 0.15) is 29.5 Å². The number of hydrogen-bond donors (Lipinski definition) is 2. The quantitative estimate of drug-likeness (QED) is 0.457. The third-order valence-electron chi connectivity index (χ3n) is 4.87. The van der Waals surface area contributed by atoms with Crippen molar-refractivity contribution in [3.63, 3.8) is 0 Å². The minimum Gasteiger partial charge on any atom is -0.497 e. The monoisotopic (exact) mass is 431 g/mol. The molecule has 8 nitrogen and oxygen atoms in total. The molecular weight excluding hydrogens is 410 g/mol. The maximum Gasteiger partial charge on any atom is 0.329 e. The molecule has 2 heterocycles. The van der Waals surface area contributed by atoms with Crippen LogP contribution < -0.4 is 15.4 Å². The Labute approximate surface area is 184 Å². The fourth-order valence-electron chi connectivity index (χ4n) is 3.20. The smallest absolute Gasteiger partial charge is 0.329 e. The number of nitrogens with one attached hydrogen (secondary N) is 2. The van der Waals surface area contributed by atoms with Crippen LogP contribution in [0.2, 0.25) is 0 Å². The van der Waals surface area contributed by atoms with Crippen molar-refractivity contribution < 1.29 is 23.5 Å². The predicted molar refractivity (Wildman–Crippen MR) is 119 cm³/mol. The van der Waals surface area contributed by atoms with Gasteiger partial charge in [-0.15, -0.1) is 0 Å². The van der Waals surface area contributed by atoms with Crippen LogP contribution in [0.1, 0.15) is 11.3 Å². The van der Waals surface area contributed by atoms with E-state index in [2.05, 4.69) is 10.6 Å². The van der Waals surface area contributed by atoms with Gasteiger partial charge >= 0.3 is 6.03 Å². The van der Waals surface area contributed by atoms with Crippen LogP contribution in [0.3, 0.4) is 0 Å². The van der Waals surface area contributed by atoms with Gasteiger partial charge in [0.2, 0.25) is 5.91 Å². The number of methoxy groups -OCH3 is 1. The molecule has 0 atom stereocenters. The lowest BCUT2D eigenvalue weighted by Crippen LogP contribution is -2.38. The summed E-state index contributed by atoms with van der Waals surface area (Å²) in [6.07, 6.45) is 1.43. The Hall–Kier alpha value is -4.33. The molecule has 1 aliphatic rings. The second kappa shape index (κ2) is 8.81. The van der Waals surface area contributed by atoms with E-state index >= 15 is 0 Å². The summed E-state index contributed by atoms with van der Waals surface area (Å²) in [4.78, 5) is 38.0. The average molecular weight is 431 g/mol. The summed E-state index contributed by atoms with van der Waals surface area (Å²) in [5.74, 6) is 0.584. The van der Waals surface area contributed by atoms with Crippen molar-refractivity contribution in [2.24, 2.45) is 0 Å². The van der Waals surface area contributed by atoms with Gasteiger partial charge in [-0.25, -0.2) is 9.69 Å². The zero-order valence-electron chi connectivity index (χ0n) is 17.5. The molecule has 4 amide bonds. The van der Waals surface area contributed by atoms with Crippen molar-refractivity contribution in [1.82, 2.24) is 10.2 Å². The van der Waals surface area contributed by atoms with E-state index in [-0.39, 0.29) is 5.70 Å². The van der Waals surface area contributed by atoms with Crippen molar-refractivity contribution in [3.05, 3.63) is 77.7 Å². The lowest BCUT2D eigenvalue weighted by molar-refractivity contribution is -0.127. The molecule has 0 spiro atoms. The molecule has 162 valence electrons. The molecule has 4 rings (SSSR count). The maximum atomic E-state index is 12.6. The number of carbonyl (C=O) groups excluding carboxylic acids is 3. The third-order valence-corrected chi connectivity index (χ3v) is 4.87. The van der Waals surface area contributed by atoms with Crippen molar-refractivity contribution in [2.75, 3.05) is 19.0 Å². The van der Waals surface area contributed by atoms with Crippen LogP contribution in [0.4, 0.5) is 10.5 Å². The van der Waals surface area contributed by atoms with Gasteiger partial charge in [0.05, 0.1) is 7.11 Å². The van der Waals surface area contributed by atoms with Crippen LogP contribution >= 0.6 is 0 Å². The van der Waals surface area contributed by atoms with Gasteiger partial charge in [-0.1, -0.05) is 29.8 Å². The van der Waals surface area contributed by atoms with Crippen LogP contribution in [-0.2, 0) is 9.59 Å². The fourth-order valence-corrected chi connectivity index (χ4v) is 3.20. The van der Waals surface area contributed by atoms with E-state index in [4.69, 9.17) is 9.15 Å². The number of hydrogen-bond acceptors (Lipinski definition) is 5. The van der Waals surface area contributed by atoms with Crippen LogP contribution in [0, 0.1) is 6.92 Å².